The van der Waals surface area contributed by atoms with Crippen LogP contribution in [0.2, 0.25) is 0 Å². The van der Waals surface area contributed by atoms with Crippen LogP contribution in [0.5, 0.6) is 0 Å². The summed E-state index contributed by atoms with van der Waals surface area (Å²) in [5.74, 6) is 1.79. The molecule has 1 fully saturated rings. The van der Waals surface area contributed by atoms with Crippen molar-refractivity contribution in [3.63, 3.8) is 0 Å². The molecule has 1 aliphatic heterocycles. The molecule has 3 rings (SSSR count). The molecule has 2 aromatic rings. The summed E-state index contributed by atoms with van der Waals surface area (Å²) in [6.45, 7) is 5.15. The zero-order valence-corrected chi connectivity index (χ0v) is 11.3. The van der Waals surface area contributed by atoms with Crippen LogP contribution >= 0.6 is 0 Å². The minimum Gasteiger partial charge on any atom is -0.378 e. The minimum atomic E-state index is 0.245. The highest BCUT2D eigenvalue weighted by molar-refractivity contribution is 5.57. The normalized spacial score (nSPS) is 15.3. The topological polar surface area (TPSA) is 90.0 Å². The summed E-state index contributed by atoms with van der Waals surface area (Å²) in [6, 6.07) is 0. The summed E-state index contributed by atoms with van der Waals surface area (Å²) in [5, 5.41) is 0. The third-order valence-electron chi connectivity index (χ3n) is 3.19. The molecule has 1 saturated heterocycles. The predicted molar refractivity (Wildman–Crippen MR) is 75.2 cm³/mol. The average molecular weight is 272 g/mol. The predicted octanol–water partition coefficient (Wildman–Crippen LogP) is 0.661. The van der Waals surface area contributed by atoms with E-state index in [4.69, 9.17) is 10.5 Å². The van der Waals surface area contributed by atoms with Gasteiger partial charge >= 0.3 is 0 Å². The molecular formula is C13H16N6O. The Morgan fingerprint density at radius 3 is 2.50 bits per heavy atom. The highest BCUT2D eigenvalue weighted by atomic mass is 16.5. The molecule has 0 spiro atoms. The molecule has 7 nitrogen and oxygen atoms in total. The zero-order valence-electron chi connectivity index (χ0n) is 11.3. The number of nitrogens with two attached hydrogens (primary N) is 1. The summed E-state index contributed by atoms with van der Waals surface area (Å²) in [5.41, 5.74) is 7.30. The lowest BCUT2D eigenvalue weighted by atomic mass is 10.2. The quantitative estimate of drug-likeness (QED) is 0.858. The molecule has 0 aliphatic carbocycles. The molecule has 3 heterocycles. The van der Waals surface area contributed by atoms with Gasteiger partial charge < -0.3 is 15.4 Å². The first kappa shape index (κ1) is 12.7. The van der Waals surface area contributed by atoms with Crippen LogP contribution in [-0.4, -0.2) is 46.2 Å². The number of anilines is 2. The fourth-order valence-corrected chi connectivity index (χ4v) is 2.12. The molecule has 0 amide bonds. The van der Waals surface area contributed by atoms with Gasteiger partial charge in [0.1, 0.15) is 5.82 Å². The Labute approximate surface area is 116 Å². The number of aryl methyl sites for hydroxylation is 1. The molecular weight excluding hydrogens is 256 g/mol. The Kier molecular flexibility index (Phi) is 3.42. The van der Waals surface area contributed by atoms with Crippen LogP contribution in [0.3, 0.4) is 0 Å². The smallest absolute Gasteiger partial charge is 0.219 e. The van der Waals surface area contributed by atoms with E-state index in [2.05, 4.69) is 24.8 Å². The van der Waals surface area contributed by atoms with Crippen LogP contribution in [0.4, 0.5) is 11.8 Å². The number of hydrogen-bond donors (Lipinski definition) is 1. The van der Waals surface area contributed by atoms with Gasteiger partial charge in [0.15, 0.2) is 5.82 Å². The molecule has 0 atom stereocenters. The van der Waals surface area contributed by atoms with Gasteiger partial charge in [-0.25, -0.2) is 19.9 Å². The van der Waals surface area contributed by atoms with Gasteiger partial charge in [0.05, 0.1) is 18.8 Å². The SMILES string of the molecule is Cc1cnc(-c2cnc(N)nc2)nc1N1CCOCC1. The van der Waals surface area contributed by atoms with E-state index in [0.29, 0.717) is 5.82 Å². The summed E-state index contributed by atoms with van der Waals surface area (Å²) in [4.78, 5) is 19.1. The molecule has 20 heavy (non-hydrogen) atoms. The van der Waals surface area contributed by atoms with Crippen LogP contribution in [0.15, 0.2) is 18.6 Å². The lowest BCUT2D eigenvalue weighted by Gasteiger charge is -2.29. The molecule has 2 aromatic heterocycles. The molecule has 0 radical (unpaired) electrons. The van der Waals surface area contributed by atoms with E-state index in [1.54, 1.807) is 12.4 Å². The van der Waals surface area contributed by atoms with Crippen molar-refractivity contribution in [2.45, 2.75) is 6.92 Å². The Bertz CT molecular complexity index is 594. The Morgan fingerprint density at radius 1 is 1.10 bits per heavy atom. The molecule has 0 saturated carbocycles. The van der Waals surface area contributed by atoms with Gasteiger partial charge in [-0.05, 0) is 6.92 Å². The zero-order chi connectivity index (χ0) is 13.9. The molecule has 7 heteroatoms. The van der Waals surface area contributed by atoms with E-state index in [0.717, 1.165) is 43.2 Å². The minimum absolute atomic E-state index is 0.245. The van der Waals surface area contributed by atoms with Crippen LogP contribution in [0.25, 0.3) is 11.4 Å². The maximum atomic E-state index is 5.49. The molecule has 1 aliphatic rings. The highest BCUT2D eigenvalue weighted by Crippen LogP contribution is 2.21. The van der Waals surface area contributed by atoms with Gasteiger partial charge in [0.25, 0.3) is 0 Å². The van der Waals surface area contributed by atoms with Gasteiger partial charge in [-0.2, -0.15) is 0 Å². The number of ether oxygens (including phenoxy) is 1. The largest absolute Gasteiger partial charge is 0.378 e. The summed E-state index contributed by atoms with van der Waals surface area (Å²) >= 11 is 0. The van der Waals surface area contributed by atoms with Gasteiger partial charge in [-0.1, -0.05) is 0 Å². The number of rotatable bonds is 2. The number of morpholine rings is 1. The highest BCUT2D eigenvalue weighted by Gasteiger charge is 2.16. The van der Waals surface area contributed by atoms with Crippen molar-refractivity contribution in [1.82, 2.24) is 19.9 Å². The van der Waals surface area contributed by atoms with Crippen LogP contribution in [0.1, 0.15) is 5.56 Å². The van der Waals surface area contributed by atoms with Crippen molar-refractivity contribution in [3.05, 3.63) is 24.2 Å². The molecule has 2 N–H and O–H groups in total. The van der Waals surface area contributed by atoms with Crippen LogP contribution in [0, 0.1) is 6.92 Å². The van der Waals surface area contributed by atoms with Crippen molar-refractivity contribution in [1.29, 1.82) is 0 Å². The van der Waals surface area contributed by atoms with Crippen molar-refractivity contribution >= 4 is 11.8 Å². The van der Waals surface area contributed by atoms with Gasteiger partial charge in [-0.15, -0.1) is 0 Å². The number of nitrogen functional groups attached to an aromatic ring is 1. The second-order valence-electron chi connectivity index (χ2n) is 4.63. The summed E-state index contributed by atoms with van der Waals surface area (Å²) in [6.07, 6.45) is 5.09. The first-order valence-electron chi connectivity index (χ1n) is 6.48. The van der Waals surface area contributed by atoms with E-state index in [-0.39, 0.29) is 5.95 Å². The van der Waals surface area contributed by atoms with E-state index in [1.165, 1.54) is 0 Å². The van der Waals surface area contributed by atoms with E-state index < -0.39 is 0 Å². The fraction of sp³-hybridized carbons (Fsp3) is 0.385. The van der Waals surface area contributed by atoms with E-state index in [1.807, 2.05) is 13.1 Å². The van der Waals surface area contributed by atoms with Crippen molar-refractivity contribution in [3.8, 4) is 11.4 Å². The standard InChI is InChI=1S/C13H16N6O/c1-9-6-15-11(10-7-16-13(14)17-8-10)18-12(9)19-2-4-20-5-3-19/h6-8H,2-5H2,1H3,(H2,14,16,17). The second-order valence-corrected chi connectivity index (χ2v) is 4.63. The van der Waals surface area contributed by atoms with Crippen molar-refractivity contribution in [2.75, 3.05) is 36.9 Å². The average Bonchev–Trinajstić information content (AvgIpc) is 2.50. The number of nitrogens with zero attached hydrogens (tertiary/aromatic N) is 5. The lowest BCUT2D eigenvalue weighted by Crippen LogP contribution is -2.37. The van der Waals surface area contributed by atoms with E-state index in [9.17, 15) is 0 Å². The summed E-state index contributed by atoms with van der Waals surface area (Å²) in [7, 11) is 0. The van der Waals surface area contributed by atoms with Crippen LogP contribution < -0.4 is 10.6 Å². The molecule has 0 unspecified atom stereocenters. The van der Waals surface area contributed by atoms with Gasteiger partial charge in [-0.3, -0.25) is 0 Å². The third kappa shape index (κ3) is 2.53. The second kappa shape index (κ2) is 5.38. The lowest BCUT2D eigenvalue weighted by molar-refractivity contribution is 0.122. The Balaban J connectivity index is 1.95. The summed E-state index contributed by atoms with van der Waals surface area (Å²) < 4.78 is 5.37. The number of aromatic nitrogens is 4. The maximum absolute atomic E-state index is 5.49. The Hall–Kier alpha value is -2.28. The number of hydrogen-bond acceptors (Lipinski definition) is 7. The Morgan fingerprint density at radius 2 is 1.80 bits per heavy atom. The maximum Gasteiger partial charge on any atom is 0.219 e. The third-order valence-corrected chi connectivity index (χ3v) is 3.19. The molecule has 0 aromatic carbocycles. The first-order chi connectivity index (χ1) is 9.74. The first-order valence-corrected chi connectivity index (χ1v) is 6.48. The van der Waals surface area contributed by atoms with Crippen molar-refractivity contribution < 1.29 is 4.74 Å². The van der Waals surface area contributed by atoms with Crippen LogP contribution in [-0.2, 0) is 4.74 Å². The van der Waals surface area contributed by atoms with Crippen molar-refractivity contribution in [2.24, 2.45) is 0 Å². The molecule has 0 bridgehead atoms. The van der Waals surface area contributed by atoms with Gasteiger partial charge in [0.2, 0.25) is 5.95 Å². The van der Waals surface area contributed by atoms with Gasteiger partial charge in [0, 0.05) is 37.2 Å². The fourth-order valence-electron chi connectivity index (χ4n) is 2.12. The van der Waals surface area contributed by atoms with E-state index >= 15 is 0 Å². The molecule has 104 valence electrons. The monoisotopic (exact) mass is 272 g/mol.